The Hall–Kier alpha value is -3.08. The van der Waals surface area contributed by atoms with Crippen LogP contribution in [0.1, 0.15) is 31.8 Å². The summed E-state index contributed by atoms with van der Waals surface area (Å²) >= 11 is 0. The number of ether oxygens (including phenoxy) is 6. The van der Waals surface area contributed by atoms with E-state index in [1.165, 1.54) is 38.5 Å². The zero-order valence-electron chi connectivity index (χ0n) is 22.9. The van der Waals surface area contributed by atoms with E-state index in [0.29, 0.717) is 11.1 Å². The maximum absolute atomic E-state index is 14.7. The number of halogens is 2. The van der Waals surface area contributed by atoms with Crippen LogP contribution in [-0.4, -0.2) is 109 Å². The lowest BCUT2D eigenvalue weighted by atomic mass is 10.1. The third kappa shape index (κ3) is 8.26. The summed E-state index contributed by atoms with van der Waals surface area (Å²) in [4.78, 5) is 24.7. The fourth-order valence-corrected chi connectivity index (χ4v) is 4.10. The van der Waals surface area contributed by atoms with Gasteiger partial charge in [-0.2, -0.15) is 0 Å². The standard InChI is InChI=1S/C22H23FO8.C6H11FO4/c1-28-22-18(23)19(31-21(27)16-8-4-14(11-25)5-9-16)17(30-22)12-29-20(26)15-6-2-13(10-24)3-7-15;1-10-6-4(7)5(9)3(2-8)11-6/h2-9,17-19,22,24-25H,10-12H2,1H3;3-6,8-9H,2H2,1H3/t17-,18+,19-,22?;3-,4+,5-,6?/m11/s1. The monoisotopic (exact) mass is 600 g/mol. The molecular formula is C28H34F2O12. The van der Waals surface area contributed by atoms with Crippen molar-refractivity contribution < 1.29 is 67.2 Å². The van der Waals surface area contributed by atoms with Gasteiger partial charge in [-0.1, -0.05) is 24.3 Å². The van der Waals surface area contributed by atoms with E-state index >= 15 is 0 Å². The number of carbonyl (C=O) groups is 2. The number of aliphatic hydroxyl groups excluding tert-OH is 4. The van der Waals surface area contributed by atoms with E-state index < -0.39 is 67.9 Å². The number of esters is 2. The first kappa shape index (κ1) is 33.4. The number of hydrogen-bond donors (Lipinski definition) is 4. The van der Waals surface area contributed by atoms with Crippen LogP contribution in [0.4, 0.5) is 8.78 Å². The molecule has 2 aliphatic rings. The number of carbonyl (C=O) groups excluding carboxylic acids is 2. The summed E-state index contributed by atoms with van der Waals surface area (Å²) in [6.45, 7) is -1.09. The van der Waals surface area contributed by atoms with Gasteiger partial charge < -0.3 is 48.8 Å². The Morgan fingerprint density at radius 1 is 0.762 bits per heavy atom. The van der Waals surface area contributed by atoms with Crippen molar-refractivity contribution in [3.63, 3.8) is 0 Å². The molecule has 2 aliphatic heterocycles. The zero-order valence-corrected chi connectivity index (χ0v) is 22.9. The summed E-state index contributed by atoms with van der Waals surface area (Å²) in [5.74, 6) is -1.46. The van der Waals surface area contributed by atoms with E-state index in [4.69, 9.17) is 44.1 Å². The van der Waals surface area contributed by atoms with Gasteiger partial charge in [-0.15, -0.1) is 0 Å². The average molecular weight is 601 g/mol. The lowest BCUT2D eigenvalue weighted by Gasteiger charge is -2.19. The van der Waals surface area contributed by atoms with E-state index in [1.807, 2.05) is 0 Å². The second-order valence-corrected chi connectivity index (χ2v) is 9.30. The summed E-state index contributed by atoms with van der Waals surface area (Å²) in [6, 6.07) is 12.1. The maximum atomic E-state index is 14.7. The van der Waals surface area contributed by atoms with Crippen LogP contribution in [0.2, 0.25) is 0 Å². The van der Waals surface area contributed by atoms with Crippen LogP contribution in [0.25, 0.3) is 0 Å². The molecule has 232 valence electrons. The Labute approximate surface area is 240 Å². The molecule has 2 aromatic rings. The van der Waals surface area contributed by atoms with E-state index in [-0.39, 0.29) is 30.9 Å². The quantitative estimate of drug-likeness (QED) is 0.284. The van der Waals surface area contributed by atoms with Crippen LogP contribution in [0, 0.1) is 0 Å². The highest BCUT2D eigenvalue weighted by Crippen LogP contribution is 2.29. The second kappa shape index (κ2) is 16.0. The van der Waals surface area contributed by atoms with Crippen LogP contribution in [0.5, 0.6) is 0 Å². The number of rotatable bonds is 10. The Balaban J connectivity index is 0.000000369. The van der Waals surface area contributed by atoms with Gasteiger partial charge in [-0.3, -0.25) is 0 Å². The molecule has 4 rings (SSSR count). The third-order valence-corrected chi connectivity index (χ3v) is 6.54. The zero-order chi connectivity index (χ0) is 30.8. The molecule has 42 heavy (non-hydrogen) atoms. The van der Waals surface area contributed by atoms with Crippen LogP contribution in [-0.2, 0) is 41.6 Å². The highest BCUT2D eigenvalue weighted by Gasteiger charge is 2.49. The van der Waals surface area contributed by atoms with E-state index in [2.05, 4.69) is 4.74 Å². The van der Waals surface area contributed by atoms with Gasteiger partial charge in [-0.05, 0) is 35.4 Å². The van der Waals surface area contributed by atoms with Crippen molar-refractivity contribution >= 4 is 11.9 Å². The van der Waals surface area contributed by atoms with E-state index in [0.717, 1.165) is 0 Å². The second-order valence-electron chi connectivity index (χ2n) is 9.30. The third-order valence-electron chi connectivity index (χ3n) is 6.54. The molecule has 8 atom stereocenters. The molecule has 0 radical (unpaired) electrons. The molecule has 14 heteroatoms. The number of alkyl halides is 2. The van der Waals surface area contributed by atoms with Gasteiger partial charge in [0.2, 0.25) is 0 Å². The van der Waals surface area contributed by atoms with Gasteiger partial charge in [0.15, 0.2) is 31.0 Å². The van der Waals surface area contributed by atoms with Crippen LogP contribution >= 0.6 is 0 Å². The normalized spacial score (nSPS) is 28.6. The minimum absolute atomic E-state index is 0.155. The molecule has 0 aliphatic carbocycles. The van der Waals surface area contributed by atoms with Crippen LogP contribution < -0.4 is 0 Å². The Morgan fingerprint density at radius 3 is 1.67 bits per heavy atom. The Morgan fingerprint density at radius 2 is 1.24 bits per heavy atom. The molecule has 2 heterocycles. The summed E-state index contributed by atoms with van der Waals surface area (Å²) < 4.78 is 57.7. The molecule has 0 bridgehead atoms. The molecule has 0 spiro atoms. The van der Waals surface area contributed by atoms with Crippen molar-refractivity contribution in [2.45, 2.75) is 62.6 Å². The topological polar surface area (TPSA) is 170 Å². The number of aliphatic hydroxyl groups is 4. The van der Waals surface area contributed by atoms with Crippen LogP contribution in [0.3, 0.4) is 0 Å². The molecule has 0 aromatic heterocycles. The smallest absolute Gasteiger partial charge is 0.338 e. The van der Waals surface area contributed by atoms with Gasteiger partial charge in [0, 0.05) is 14.2 Å². The Kier molecular flexibility index (Phi) is 12.7. The van der Waals surface area contributed by atoms with Crippen molar-refractivity contribution in [1.82, 2.24) is 0 Å². The van der Waals surface area contributed by atoms with Gasteiger partial charge in [0.05, 0.1) is 30.9 Å². The summed E-state index contributed by atoms with van der Waals surface area (Å²) in [7, 11) is 2.53. The van der Waals surface area contributed by atoms with Crippen molar-refractivity contribution in [3.8, 4) is 0 Å². The SMILES string of the molecule is COC1O[C@H](CO)[C@@H](O)[C@@H]1F.COC1O[C@H](COC(=O)c2ccc(CO)cc2)[C@@H](OC(=O)c2ccc(CO)cc2)[C@@H]1F. The first-order valence-electron chi connectivity index (χ1n) is 12.9. The van der Waals surface area contributed by atoms with E-state index in [1.54, 1.807) is 24.3 Å². The van der Waals surface area contributed by atoms with Crippen molar-refractivity contribution in [3.05, 3.63) is 70.8 Å². The maximum Gasteiger partial charge on any atom is 0.338 e. The molecular weight excluding hydrogens is 566 g/mol. The molecule has 4 N–H and O–H groups in total. The highest BCUT2D eigenvalue weighted by atomic mass is 19.1. The minimum atomic E-state index is -1.78. The molecule has 0 amide bonds. The lowest BCUT2D eigenvalue weighted by Crippen LogP contribution is -2.37. The fraction of sp³-hybridized carbons (Fsp3) is 0.500. The highest BCUT2D eigenvalue weighted by molar-refractivity contribution is 5.90. The van der Waals surface area contributed by atoms with Gasteiger partial charge in [0.1, 0.15) is 24.9 Å². The van der Waals surface area contributed by atoms with Gasteiger partial charge >= 0.3 is 11.9 Å². The molecule has 2 aromatic carbocycles. The fourth-order valence-electron chi connectivity index (χ4n) is 4.10. The summed E-state index contributed by atoms with van der Waals surface area (Å²) in [5, 5.41) is 35.7. The van der Waals surface area contributed by atoms with Gasteiger partial charge in [0.25, 0.3) is 0 Å². The molecule has 12 nitrogen and oxygen atoms in total. The first-order chi connectivity index (χ1) is 20.2. The largest absolute Gasteiger partial charge is 0.459 e. The van der Waals surface area contributed by atoms with Crippen molar-refractivity contribution in [2.24, 2.45) is 0 Å². The van der Waals surface area contributed by atoms with Gasteiger partial charge in [-0.25, -0.2) is 18.4 Å². The number of hydrogen-bond acceptors (Lipinski definition) is 12. The van der Waals surface area contributed by atoms with Crippen molar-refractivity contribution in [1.29, 1.82) is 0 Å². The van der Waals surface area contributed by atoms with E-state index in [9.17, 15) is 18.4 Å². The Bertz CT molecular complexity index is 1110. The molecule has 2 fully saturated rings. The molecule has 2 unspecified atom stereocenters. The first-order valence-corrected chi connectivity index (χ1v) is 12.9. The predicted octanol–water partition coefficient (Wildman–Crippen LogP) is 0.812. The summed E-state index contributed by atoms with van der Waals surface area (Å²) in [5.41, 5.74) is 1.66. The predicted molar refractivity (Wildman–Crippen MR) is 138 cm³/mol. The van der Waals surface area contributed by atoms with Crippen LogP contribution in [0.15, 0.2) is 48.5 Å². The number of benzene rings is 2. The summed E-state index contributed by atoms with van der Waals surface area (Å²) in [6.07, 6.45) is -10.2. The van der Waals surface area contributed by atoms with Crippen molar-refractivity contribution in [2.75, 3.05) is 27.4 Å². The lowest BCUT2D eigenvalue weighted by molar-refractivity contribution is -0.142. The molecule has 2 saturated heterocycles. The number of methoxy groups -OCH3 is 2. The average Bonchev–Trinajstić information content (AvgIpc) is 3.49. The molecule has 0 saturated carbocycles. The minimum Gasteiger partial charge on any atom is -0.459 e.